The van der Waals surface area contributed by atoms with Gasteiger partial charge in [-0.3, -0.25) is 0 Å². The Bertz CT molecular complexity index is 292. The van der Waals surface area contributed by atoms with E-state index in [9.17, 15) is 0 Å². The molecule has 0 amide bonds. The highest BCUT2D eigenvalue weighted by Crippen LogP contribution is 2.13. The highest BCUT2D eigenvalue weighted by atomic mass is 16.5. The lowest BCUT2D eigenvalue weighted by Crippen LogP contribution is -2.07. The van der Waals surface area contributed by atoms with Gasteiger partial charge in [-0.2, -0.15) is 0 Å². The maximum Gasteiger partial charge on any atom is 0.129 e. The van der Waals surface area contributed by atoms with Gasteiger partial charge in [0.05, 0.1) is 6.61 Å². The van der Waals surface area contributed by atoms with Crippen molar-refractivity contribution >= 4 is 5.82 Å². The number of anilines is 1. The quantitative estimate of drug-likeness (QED) is 0.688. The van der Waals surface area contributed by atoms with Crippen molar-refractivity contribution in [2.75, 3.05) is 32.2 Å². The SMILES string of the molecule is CCCCOCCOc1ccnc(NC)c1. The van der Waals surface area contributed by atoms with Crippen molar-refractivity contribution in [1.82, 2.24) is 4.98 Å². The fraction of sp³-hybridized carbons (Fsp3) is 0.583. The number of nitrogens with one attached hydrogen (secondary N) is 1. The highest BCUT2D eigenvalue weighted by Gasteiger charge is 1.96. The molecule has 0 radical (unpaired) electrons. The van der Waals surface area contributed by atoms with Crippen molar-refractivity contribution < 1.29 is 9.47 Å². The van der Waals surface area contributed by atoms with E-state index in [0.717, 1.165) is 31.0 Å². The molecule has 0 saturated carbocycles. The zero-order valence-electron chi connectivity index (χ0n) is 10.0. The van der Waals surface area contributed by atoms with Crippen LogP contribution in [0.2, 0.25) is 0 Å². The predicted molar refractivity (Wildman–Crippen MR) is 65.0 cm³/mol. The first-order valence-electron chi connectivity index (χ1n) is 5.71. The third-order valence-corrected chi connectivity index (χ3v) is 2.13. The normalized spacial score (nSPS) is 10.1. The molecule has 0 unspecified atom stereocenters. The molecule has 1 aromatic rings. The summed E-state index contributed by atoms with van der Waals surface area (Å²) in [5.41, 5.74) is 0. The van der Waals surface area contributed by atoms with E-state index in [1.165, 1.54) is 0 Å². The minimum Gasteiger partial charge on any atom is -0.491 e. The summed E-state index contributed by atoms with van der Waals surface area (Å²) >= 11 is 0. The minimum atomic E-state index is 0.580. The number of unbranched alkanes of at least 4 members (excludes halogenated alkanes) is 1. The van der Waals surface area contributed by atoms with Gasteiger partial charge in [-0.25, -0.2) is 4.98 Å². The smallest absolute Gasteiger partial charge is 0.129 e. The van der Waals surface area contributed by atoms with Crippen LogP contribution in [0.1, 0.15) is 19.8 Å². The maximum atomic E-state index is 5.52. The minimum absolute atomic E-state index is 0.580. The Kier molecular flexibility index (Phi) is 6.33. The van der Waals surface area contributed by atoms with Crippen LogP contribution in [0.3, 0.4) is 0 Å². The van der Waals surface area contributed by atoms with Crippen LogP contribution < -0.4 is 10.1 Å². The second kappa shape index (κ2) is 7.93. The number of nitrogens with zero attached hydrogens (tertiary/aromatic N) is 1. The summed E-state index contributed by atoms with van der Waals surface area (Å²) in [5, 5.41) is 2.96. The van der Waals surface area contributed by atoms with Gasteiger partial charge in [0.25, 0.3) is 0 Å². The van der Waals surface area contributed by atoms with Crippen LogP contribution in [-0.2, 0) is 4.74 Å². The Morgan fingerprint density at radius 3 is 2.94 bits per heavy atom. The predicted octanol–water partition coefficient (Wildman–Crippen LogP) is 2.32. The Morgan fingerprint density at radius 1 is 1.31 bits per heavy atom. The van der Waals surface area contributed by atoms with Crippen LogP contribution >= 0.6 is 0 Å². The van der Waals surface area contributed by atoms with Crippen LogP contribution in [0.4, 0.5) is 5.82 Å². The topological polar surface area (TPSA) is 43.4 Å². The Hall–Kier alpha value is -1.29. The van der Waals surface area contributed by atoms with Gasteiger partial charge in [-0.1, -0.05) is 13.3 Å². The fourth-order valence-electron chi connectivity index (χ4n) is 1.20. The zero-order chi connectivity index (χ0) is 11.6. The van der Waals surface area contributed by atoms with Crippen molar-refractivity contribution in [2.24, 2.45) is 0 Å². The van der Waals surface area contributed by atoms with Crippen LogP contribution in [-0.4, -0.2) is 31.9 Å². The lowest BCUT2D eigenvalue weighted by atomic mass is 10.4. The van der Waals surface area contributed by atoms with Gasteiger partial charge in [0.15, 0.2) is 0 Å². The number of aromatic nitrogens is 1. The van der Waals surface area contributed by atoms with Crippen molar-refractivity contribution in [3.63, 3.8) is 0 Å². The van der Waals surface area contributed by atoms with Crippen molar-refractivity contribution in [1.29, 1.82) is 0 Å². The summed E-state index contributed by atoms with van der Waals surface area (Å²) in [6, 6.07) is 3.71. The van der Waals surface area contributed by atoms with Crippen molar-refractivity contribution in [3.8, 4) is 5.75 Å². The van der Waals surface area contributed by atoms with E-state index in [4.69, 9.17) is 9.47 Å². The van der Waals surface area contributed by atoms with Crippen LogP contribution in [0.5, 0.6) is 5.75 Å². The molecule has 0 saturated heterocycles. The van der Waals surface area contributed by atoms with Crippen LogP contribution in [0, 0.1) is 0 Å². The molecule has 0 fully saturated rings. The molecule has 1 heterocycles. The van der Waals surface area contributed by atoms with Crippen LogP contribution in [0.15, 0.2) is 18.3 Å². The molecule has 1 N–H and O–H groups in total. The third kappa shape index (κ3) is 4.98. The first-order valence-corrected chi connectivity index (χ1v) is 5.71. The molecule has 16 heavy (non-hydrogen) atoms. The van der Waals surface area contributed by atoms with Gasteiger partial charge >= 0.3 is 0 Å². The molecular formula is C12H20N2O2. The van der Waals surface area contributed by atoms with E-state index in [1.54, 1.807) is 6.20 Å². The fourth-order valence-corrected chi connectivity index (χ4v) is 1.20. The molecule has 4 heteroatoms. The van der Waals surface area contributed by atoms with E-state index >= 15 is 0 Å². The molecule has 1 aromatic heterocycles. The summed E-state index contributed by atoms with van der Waals surface area (Å²) in [6.45, 7) is 4.18. The lowest BCUT2D eigenvalue weighted by molar-refractivity contribution is 0.0980. The average Bonchev–Trinajstić information content (AvgIpc) is 2.34. The molecule has 0 bridgehead atoms. The number of ether oxygens (including phenoxy) is 2. The Labute approximate surface area is 97.0 Å². The van der Waals surface area contributed by atoms with Gasteiger partial charge in [0.1, 0.15) is 18.2 Å². The Morgan fingerprint density at radius 2 is 2.19 bits per heavy atom. The number of hydrogen-bond donors (Lipinski definition) is 1. The number of hydrogen-bond acceptors (Lipinski definition) is 4. The lowest BCUT2D eigenvalue weighted by Gasteiger charge is -2.07. The number of pyridine rings is 1. The van der Waals surface area contributed by atoms with Crippen molar-refractivity contribution in [2.45, 2.75) is 19.8 Å². The van der Waals surface area contributed by atoms with Crippen LogP contribution in [0.25, 0.3) is 0 Å². The van der Waals surface area contributed by atoms with E-state index < -0.39 is 0 Å². The third-order valence-electron chi connectivity index (χ3n) is 2.13. The van der Waals surface area contributed by atoms with Gasteiger partial charge < -0.3 is 14.8 Å². The largest absolute Gasteiger partial charge is 0.491 e. The molecule has 0 aliphatic heterocycles. The first-order chi connectivity index (χ1) is 7.86. The molecule has 0 aromatic carbocycles. The summed E-state index contributed by atoms with van der Waals surface area (Å²) in [6.07, 6.45) is 4.00. The second-order valence-electron chi connectivity index (χ2n) is 3.44. The van der Waals surface area contributed by atoms with Gasteiger partial charge in [0, 0.05) is 25.9 Å². The van der Waals surface area contributed by atoms with Gasteiger partial charge in [-0.15, -0.1) is 0 Å². The summed E-state index contributed by atoms with van der Waals surface area (Å²) in [7, 11) is 1.83. The van der Waals surface area contributed by atoms with Gasteiger partial charge in [-0.05, 0) is 12.5 Å². The van der Waals surface area contributed by atoms with E-state index in [-0.39, 0.29) is 0 Å². The molecule has 90 valence electrons. The highest BCUT2D eigenvalue weighted by molar-refractivity contribution is 5.39. The van der Waals surface area contributed by atoms with E-state index in [1.807, 2.05) is 19.2 Å². The van der Waals surface area contributed by atoms with Crippen molar-refractivity contribution in [3.05, 3.63) is 18.3 Å². The average molecular weight is 224 g/mol. The standard InChI is InChI=1S/C12H20N2O2/c1-3-4-7-15-8-9-16-11-5-6-14-12(10-11)13-2/h5-6,10H,3-4,7-9H2,1-2H3,(H,13,14). The van der Waals surface area contributed by atoms with Gasteiger partial charge in [0.2, 0.25) is 0 Å². The zero-order valence-corrected chi connectivity index (χ0v) is 10.0. The number of rotatable bonds is 8. The molecule has 1 rings (SSSR count). The summed E-state index contributed by atoms with van der Waals surface area (Å²) in [4.78, 5) is 4.10. The summed E-state index contributed by atoms with van der Waals surface area (Å²) in [5.74, 6) is 1.63. The molecule has 4 nitrogen and oxygen atoms in total. The monoisotopic (exact) mass is 224 g/mol. The Balaban J connectivity index is 2.16. The van der Waals surface area contributed by atoms with E-state index in [2.05, 4.69) is 17.2 Å². The molecule has 0 spiro atoms. The molecule has 0 aliphatic rings. The maximum absolute atomic E-state index is 5.52. The van der Waals surface area contributed by atoms with E-state index in [0.29, 0.717) is 13.2 Å². The summed E-state index contributed by atoms with van der Waals surface area (Å²) < 4.78 is 10.9. The molecular weight excluding hydrogens is 204 g/mol. The first kappa shape index (κ1) is 12.8. The second-order valence-corrected chi connectivity index (χ2v) is 3.44. The molecule has 0 atom stereocenters. The molecule has 0 aliphatic carbocycles.